The lowest BCUT2D eigenvalue weighted by Gasteiger charge is -2.15. The molecule has 6 heteroatoms. The Bertz CT molecular complexity index is 567. The van der Waals surface area contributed by atoms with Crippen LogP contribution in [0.3, 0.4) is 0 Å². The molecule has 0 bridgehead atoms. The summed E-state index contributed by atoms with van der Waals surface area (Å²) in [5, 5.41) is 9.39. The zero-order chi connectivity index (χ0) is 13.3. The molecule has 1 N–H and O–H groups in total. The SMILES string of the molecule is CC(=O)c1cccc(S(=O)(=O)N2CC[C@H](O)C2)c1. The molecule has 1 atom stereocenters. The Balaban J connectivity index is 2.35. The van der Waals surface area contributed by atoms with Crippen LogP contribution in [-0.4, -0.2) is 42.8 Å². The number of aliphatic hydroxyl groups excluding tert-OH is 1. The van der Waals surface area contributed by atoms with Gasteiger partial charge in [0.2, 0.25) is 10.0 Å². The molecule has 0 spiro atoms. The highest BCUT2D eigenvalue weighted by molar-refractivity contribution is 7.89. The summed E-state index contributed by atoms with van der Waals surface area (Å²) in [6, 6.07) is 5.98. The lowest BCUT2D eigenvalue weighted by molar-refractivity contribution is 0.101. The molecule has 18 heavy (non-hydrogen) atoms. The van der Waals surface area contributed by atoms with E-state index in [1.807, 2.05) is 0 Å². The third kappa shape index (κ3) is 2.45. The van der Waals surface area contributed by atoms with E-state index in [4.69, 9.17) is 0 Å². The summed E-state index contributed by atoms with van der Waals surface area (Å²) in [5.41, 5.74) is 0.371. The second kappa shape index (κ2) is 4.79. The van der Waals surface area contributed by atoms with Gasteiger partial charge in [-0.05, 0) is 25.5 Å². The van der Waals surface area contributed by atoms with E-state index in [1.54, 1.807) is 12.1 Å². The van der Waals surface area contributed by atoms with Crippen molar-refractivity contribution in [2.75, 3.05) is 13.1 Å². The van der Waals surface area contributed by atoms with Crippen LogP contribution < -0.4 is 0 Å². The van der Waals surface area contributed by atoms with E-state index in [1.165, 1.54) is 23.4 Å². The number of sulfonamides is 1. The molecule has 0 aromatic heterocycles. The van der Waals surface area contributed by atoms with E-state index < -0.39 is 16.1 Å². The lowest BCUT2D eigenvalue weighted by Crippen LogP contribution is -2.29. The van der Waals surface area contributed by atoms with Crippen LogP contribution in [0.2, 0.25) is 0 Å². The largest absolute Gasteiger partial charge is 0.392 e. The Morgan fingerprint density at radius 3 is 2.72 bits per heavy atom. The number of nitrogens with zero attached hydrogens (tertiary/aromatic N) is 1. The number of carbonyl (C=O) groups excluding carboxylic acids is 1. The van der Waals surface area contributed by atoms with Crippen LogP contribution in [0.5, 0.6) is 0 Å². The Labute approximate surface area is 106 Å². The van der Waals surface area contributed by atoms with Gasteiger partial charge in [0.25, 0.3) is 0 Å². The van der Waals surface area contributed by atoms with Crippen LogP contribution in [0.4, 0.5) is 0 Å². The average molecular weight is 269 g/mol. The van der Waals surface area contributed by atoms with Crippen LogP contribution in [0.25, 0.3) is 0 Å². The highest BCUT2D eigenvalue weighted by Crippen LogP contribution is 2.21. The van der Waals surface area contributed by atoms with Gasteiger partial charge in [0.05, 0.1) is 11.0 Å². The van der Waals surface area contributed by atoms with Crippen LogP contribution in [-0.2, 0) is 10.0 Å². The first kappa shape index (κ1) is 13.2. The van der Waals surface area contributed by atoms with Crippen molar-refractivity contribution >= 4 is 15.8 Å². The van der Waals surface area contributed by atoms with Crippen molar-refractivity contribution in [3.05, 3.63) is 29.8 Å². The molecular weight excluding hydrogens is 254 g/mol. The van der Waals surface area contributed by atoms with Crippen molar-refractivity contribution in [2.45, 2.75) is 24.3 Å². The van der Waals surface area contributed by atoms with Gasteiger partial charge in [-0.25, -0.2) is 8.42 Å². The molecule has 0 radical (unpaired) electrons. The molecule has 0 aliphatic carbocycles. The van der Waals surface area contributed by atoms with Gasteiger partial charge in [-0.15, -0.1) is 0 Å². The maximum absolute atomic E-state index is 12.3. The second-order valence-corrected chi connectivity index (χ2v) is 6.33. The maximum atomic E-state index is 12.3. The fourth-order valence-electron chi connectivity index (χ4n) is 1.95. The molecular formula is C12H15NO4S. The van der Waals surface area contributed by atoms with E-state index in [0.717, 1.165) is 0 Å². The summed E-state index contributed by atoms with van der Waals surface area (Å²) < 4.78 is 25.8. The molecule has 2 rings (SSSR count). The van der Waals surface area contributed by atoms with Crippen molar-refractivity contribution in [2.24, 2.45) is 0 Å². The van der Waals surface area contributed by atoms with Crippen LogP contribution >= 0.6 is 0 Å². The smallest absolute Gasteiger partial charge is 0.243 e. The molecule has 0 saturated carbocycles. The summed E-state index contributed by atoms with van der Waals surface area (Å²) in [7, 11) is -3.61. The summed E-state index contributed by atoms with van der Waals surface area (Å²) >= 11 is 0. The molecule has 0 amide bonds. The number of hydrogen-bond acceptors (Lipinski definition) is 4. The van der Waals surface area contributed by atoms with Gasteiger partial charge in [0, 0.05) is 18.7 Å². The minimum absolute atomic E-state index is 0.101. The lowest BCUT2D eigenvalue weighted by atomic mass is 10.2. The van der Waals surface area contributed by atoms with Gasteiger partial charge in [-0.1, -0.05) is 12.1 Å². The summed E-state index contributed by atoms with van der Waals surface area (Å²) in [6.45, 7) is 1.83. The minimum atomic E-state index is -3.61. The predicted molar refractivity (Wildman–Crippen MR) is 65.8 cm³/mol. The number of benzene rings is 1. The molecule has 1 aliphatic rings. The van der Waals surface area contributed by atoms with Crippen LogP contribution in [0, 0.1) is 0 Å². The Hall–Kier alpha value is -1.24. The van der Waals surface area contributed by atoms with Crippen molar-refractivity contribution < 1.29 is 18.3 Å². The van der Waals surface area contributed by atoms with E-state index in [2.05, 4.69) is 0 Å². The number of rotatable bonds is 3. The van der Waals surface area contributed by atoms with Gasteiger partial charge in [-0.3, -0.25) is 4.79 Å². The van der Waals surface area contributed by atoms with Gasteiger partial charge in [-0.2, -0.15) is 4.31 Å². The van der Waals surface area contributed by atoms with Gasteiger partial charge >= 0.3 is 0 Å². The highest BCUT2D eigenvalue weighted by Gasteiger charge is 2.31. The molecule has 0 unspecified atom stereocenters. The fraction of sp³-hybridized carbons (Fsp3) is 0.417. The van der Waals surface area contributed by atoms with E-state index in [9.17, 15) is 18.3 Å². The number of ketones is 1. The minimum Gasteiger partial charge on any atom is -0.392 e. The van der Waals surface area contributed by atoms with Crippen molar-refractivity contribution in [3.63, 3.8) is 0 Å². The van der Waals surface area contributed by atoms with E-state index in [-0.39, 0.29) is 17.2 Å². The van der Waals surface area contributed by atoms with Crippen LogP contribution in [0.15, 0.2) is 29.2 Å². The number of Topliss-reactive ketones (excluding diaryl/α,β-unsaturated/α-hetero) is 1. The number of carbonyl (C=O) groups is 1. The highest BCUT2D eigenvalue weighted by atomic mass is 32.2. The normalized spacial score (nSPS) is 21.1. The average Bonchev–Trinajstić information content (AvgIpc) is 2.77. The Morgan fingerprint density at radius 1 is 1.44 bits per heavy atom. The van der Waals surface area contributed by atoms with Crippen molar-refractivity contribution in [1.82, 2.24) is 4.31 Å². The molecule has 98 valence electrons. The first-order chi connectivity index (χ1) is 8.41. The summed E-state index contributed by atoms with van der Waals surface area (Å²) in [5.74, 6) is -0.173. The quantitative estimate of drug-likeness (QED) is 0.817. The molecule has 1 aromatic carbocycles. The Morgan fingerprint density at radius 2 is 2.17 bits per heavy atom. The molecule has 1 aromatic rings. The third-order valence-corrected chi connectivity index (χ3v) is 4.87. The van der Waals surface area contributed by atoms with Gasteiger partial charge in [0.15, 0.2) is 5.78 Å². The molecule has 5 nitrogen and oxygen atoms in total. The van der Waals surface area contributed by atoms with Crippen molar-refractivity contribution in [3.8, 4) is 0 Å². The topological polar surface area (TPSA) is 74.7 Å². The molecule has 1 fully saturated rings. The van der Waals surface area contributed by atoms with Crippen LogP contribution in [0.1, 0.15) is 23.7 Å². The fourth-order valence-corrected chi connectivity index (χ4v) is 3.49. The van der Waals surface area contributed by atoms with E-state index >= 15 is 0 Å². The zero-order valence-electron chi connectivity index (χ0n) is 10.0. The third-order valence-electron chi connectivity index (χ3n) is 3.00. The molecule has 1 saturated heterocycles. The predicted octanol–water partition coefficient (Wildman–Crippen LogP) is 0.645. The number of β-amino-alcohol motifs (C(OH)–C–C–N with tert-alkyl or cyclic N) is 1. The summed E-state index contributed by atoms with van der Waals surface area (Å²) in [6.07, 6.45) is -0.151. The standard InChI is InChI=1S/C12H15NO4S/c1-9(14)10-3-2-4-12(7-10)18(16,17)13-6-5-11(15)8-13/h2-4,7,11,15H,5-6,8H2,1H3/t11-/m0/s1. The molecule has 1 heterocycles. The zero-order valence-corrected chi connectivity index (χ0v) is 10.9. The van der Waals surface area contributed by atoms with Crippen molar-refractivity contribution in [1.29, 1.82) is 0 Å². The second-order valence-electron chi connectivity index (χ2n) is 4.39. The molecule has 1 aliphatic heterocycles. The van der Waals surface area contributed by atoms with E-state index in [0.29, 0.717) is 18.5 Å². The van der Waals surface area contributed by atoms with Gasteiger partial charge in [0.1, 0.15) is 0 Å². The monoisotopic (exact) mass is 269 g/mol. The maximum Gasteiger partial charge on any atom is 0.243 e. The number of aliphatic hydroxyl groups is 1. The number of hydrogen-bond donors (Lipinski definition) is 1. The first-order valence-corrected chi connectivity index (χ1v) is 7.14. The Kier molecular flexibility index (Phi) is 3.52. The first-order valence-electron chi connectivity index (χ1n) is 5.70. The van der Waals surface area contributed by atoms with Gasteiger partial charge < -0.3 is 5.11 Å². The summed E-state index contributed by atoms with van der Waals surface area (Å²) in [4.78, 5) is 11.4.